The summed E-state index contributed by atoms with van der Waals surface area (Å²) in [6, 6.07) is 28.5. The summed E-state index contributed by atoms with van der Waals surface area (Å²) in [5.74, 6) is 1.39. The molecule has 0 aromatic heterocycles. The Balaban J connectivity index is 1.41. The fourth-order valence-corrected chi connectivity index (χ4v) is 6.18. The van der Waals surface area contributed by atoms with E-state index in [0.29, 0.717) is 12.5 Å². The number of amides is 1. The molecule has 3 aromatic rings. The minimum atomic E-state index is -0.126. The first-order valence-electron chi connectivity index (χ1n) is 12.5. The Morgan fingerprint density at radius 3 is 2.40 bits per heavy atom. The van der Waals surface area contributed by atoms with Crippen molar-refractivity contribution in [2.24, 2.45) is 5.92 Å². The van der Waals surface area contributed by atoms with Crippen LogP contribution in [0.4, 0.5) is 5.69 Å². The third-order valence-electron chi connectivity index (χ3n) is 6.87. The van der Waals surface area contributed by atoms with E-state index in [2.05, 4.69) is 41.4 Å². The second kappa shape index (κ2) is 11.0. The number of hydrogen-bond acceptors (Lipinski definition) is 4. The van der Waals surface area contributed by atoms with Gasteiger partial charge < -0.3 is 15.0 Å². The molecular weight excluding hydrogens is 452 g/mol. The highest BCUT2D eigenvalue weighted by molar-refractivity contribution is 8.05. The molecule has 0 bridgehead atoms. The van der Waals surface area contributed by atoms with Gasteiger partial charge in [0.25, 0.3) is 5.91 Å². The van der Waals surface area contributed by atoms with Crippen LogP contribution in [0.15, 0.2) is 89.8 Å². The number of nitrogens with zero attached hydrogens (tertiary/aromatic N) is 1. The molecule has 2 fully saturated rings. The Bertz CT molecular complexity index is 1170. The van der Waals surface area contributed by atoms with Gasteiger partial charge in [0.05, 0.1) is 4.91 Å². The van der Waals surface area contributed by atoms with Crippen LogP contribution in [0.1, 0.15) is 43.7 Å². The molecule has 5 heteroatoms. The fourth-order valence-electron chi connectivity index (χ4n) is 4.98. The maximum absolute atomic E-state index is 13.8. The summed E-state index contributed by atoms with van der Waals surface area (Å²) in [4.78, 5) is 16.7. The number of carbonyl (C=O) groups is 1. The van der Waals surface area contributed by atoms with Crippen LogP contribution in [0, 0.1) is 5.92 Å². The maximum Gasteiger partial charge on any atom is 0.262 e. The van der Waals surface area contributed by atoms with Gasteiger partial charge in [0.2, 0.25) is 0 Å². The summed E-state index contributed by atoms with van der Waals surface area (Å²) in [5, 5.41) is 3.61. The molecule has 1 saturated heterocycles. The van der Waals surface area contributed by atoms with Crippen LogP contribution in [-0.2, 0) is 11.4 Å². The van der Waals surface area contributed by atoms with E-state index in [0.717, 1.165) is 33.9 Å². The Kier molecular flexibility index (Phi) is 7.43. The van der Waals surface area contributed by atoms with Crippen molar-refractivity contribution in [2.45, 2.75) is 50.8 Å². The van der Waals surface area contributed by atoms with Crippen molar-refractivity contribution in [2.75, 3.05) is 5.32 Å². The zero-order valence-corrected chi connectivity index (χ0v) is 20.9. The molecule has 1 aliphatic heterocycles. The van der Waals surface area contributed by atoms with Crippen molar-refractivity contribution >= 4 is 29.4 Å². The van der Waals surface area contributed by atoms with Crippen molar-refractivity contribution in [1.29, 1.82) is 0 Å². The molecule has 1 heterocycles. The van der Waals surface area contributed by atoms with Gasteiger partial charge in [0, 0.05) is 17.3 Å². The van der Waals surface area contributed by atoms with E-state index in [9.17, 15) is 4.79 Å². The van der Waals surface area contributed by atoms with E-state index in [1.54, 1.807) is 11.8 Å². The molecule has 1 amide bonds. The van der Waals surface area contributed by atoms with Gasteiger partial charge in [-0.2, -0.15) is 0 Å². The SMILES string of the molecule is C[C@@H]1CCCC[C@@H]1N1C(=O)/C(=C/c2ccccc2OCc2ccccc2)SC1Nc1ccccc1. The summed E-state index contributed by atoms with van der Waals surface area (Å²) in [5.41, 5.74) is 2.94. The summed E-state index contributed by atoms with van der Waals surface area (Å²) in [7, 11) is 0. The van der Waals surface area contributed by atoms with Gasteiger partial charge in [-0.1, -0.05) is 98.3 Å². The minimum Gasteiger partial charge on any atom is -0.488 e. The van der Waals surface area contributed by atoms with Crippen molar-refractivity contribution < 1.29 is 9.53 Å². The monoisotopic (exact) mass is 484 g/mol. The zero-order chi connectivity index (χ0) is 24.0. The van der Waals surface area contributed by atoms with Gasteiger partial charge in [0.15, 0.2) is 5.50 Å². The van der Waals surface area contributed by atoms with E-state index >= 15 is 0 Å². The van der Waals surface area contributed by atoms with Gasteiger partial charge in [-0.05, 0) is 48.6 Å². The molecule has 0 spiro atoms. The second-order valence-corrected chi connectivity index (χ2v) is 10.5. The highest BCUT2D eigenvalue weighted by Gasteiger charge is 2.43. The van der Waals surface area contributed by atoms with Crippen LogP contribution in [0.3, 0.4) is 0 Å². The number of benzene rings is 3. The molecule has 1 N–H and O–H groups in total. The number of ether oxygens (including phenoxy) is 1. The first-order valence-corrected chi connectivity index (χ1v) is 13.4. The van der Waals surface area contributed by atoms with Crippen molar-refractivity contribution in [3.05, 3.63) is 101 Å². The van der Waals surface area contributed by atoms with E-state index in [4.69, 9.17) is 4.74 Å². The number of carbonyl (C=O) groups excluding carboxylic acids is 1. The minimum absolute atomic E-state index is 0.111. The van der Waals surface area contributed by atoms with E-state index in [1.807, 2.05) is 66.7 Å². The molecule has 4 nitrogen and oxygen atoms in total. The molecule has 3 atom stereocenters. The van der Waals surface area contributed by atoms with Crippen LogP contribution >= 0.6 is 11.8 Å². The van der Waals surface area contributed by atoms with Crippen LogP contribution in [-0.4, -0.2) is 22.3 Å². The number of thioether (sulfide) groups is 1. The average molecular weight is 485 g/mol. The topological polar surface area (TPSA) is 41.6 Å². The lowest BCUT2D eigenvalue weighted by atomic mass is 9.85. The Morgan fingerprint density at radius 1 is 0.943 bits per heavy atom. The first kappa shape index (κ1) is 23.6. The number of hydrogen-bond donors (Lipinski definition) is 1. The van der Waals surface area contributed by atoms with Crippen molar-refractivity contribution in [1.82, 2.24) is 4.90 Å². The van der Waals surface area contributed by atoms with Crippen LogP contribution in [0.2, 0.25) is 0 Å². The molecule has 35 heavy (non-hydrogen) atoms. The molecule has 5 rings (SSSR count). The summed E-state index contributed by atoms with van der Waals surface area (Å²) in [6.07, 6.45) is 6.66. The normalized spacial score (nSPS) is 23.5. The maximum atomic E-state index is 13.8. The van der Waals surface area contributed by atoms with Crippen molar-refractivity contribution in [3.8, 4) is 5.75 Å². The van der Waals surface area contributed by atoms with Gasteiger partial charge in [-0.25, -0.2) is 0 Å². The Labute approximate surface area is 212 Å². The molecular formula is C30H32N2O2S. The predicted octanol–water partition coefficient (Wildman–Crippen LogP) is 7.16. The summed E-state index contributed by atoms with van der Waals surface area (Å²) in [6.45, 7) is 2.78. The van der Waals surface area contributed by atoms with E-state index < -0.39 is 0 Å². The molecule has 2 aliphatic rings. The quantitative estimate of drug-likeness (QED) is 0.361. The lowest BCUT2D eigenvalue weighted by Crippen LogP contribution is -2.48. The Morgan fingerprint density at radius 2 is 1.63 bits per heavy atom. The number of rotatable bonds is 7. The number of para-hydroxylation sites is 2. The first-order chi connectivity index (χ1) is 17.2. The molecule has 0 radical (unpaired) electrons. The van der Waals surface area contributed by atoms with Crippen LogP contribution in [0.25, 0.3) is 6.08 Å². The van der Waals surface area contributed by atoms with Crippen LogP contribution in [0.5, 0.6) is 5.75 Å². The largest absolute Gasteiger partial charge is 0.488 e. The fraction of sp³-hybridized carbons (Fsp3) is 0.300. The average Bonchev–Trinajstić information content (AvgIpc) is 3.19. The van der Waals surface area contributed by atoms with Crippen LogP contribution < -0.4 is 10.1 Å². The lowest BCUT2D eigenvalue weighted by molar-refractivity contribution is -0.129. The summed E-state index contributed by atoms with van der Waals surface area (Å²) >= 11 is 1.61. The zero-order valence-electron chi connectivity index (χ0n) is 20.1. The smallest absolute Gasteiger partial charge is 0.262 e. The number of nitrogens with one attached hydrogen (secondary N) is 1. The highest BCUT2D eigenvalue weighted by Crippen LogP contribution is 2.42. The standard InChI is InChI=1S/C30H32N2O2S/c1-22-12-8-10-18-26(22)32-29(33)28(35-30(32)31-25-16-6-3-7-17-25)20-24-15-9-11-19-27(24)34-21-23-13-4-2-5-14-23/h2-7,9,11,13-17,19-20,22,26,30-31H,8,10,12,18,21H2,1H3/b28-20-/t22-,26+,30?/m1/s1. The van der Waals surface area contributed by atoms with Crippen molar-refractivity contribution in [3.63, 3.8) is 0 Å². The van der Waals surface area contributed by atoms with Gasteiger partial charge in [0.1, 0.15) is 12.4 Å². The third kappa shape index (κ3) is 5.57. The Hall–Kier alpha value is -3.18. The summed E-state index contributed by atoms with van der Waals surface area (Å²) < 4.78 is 6.16. The third-order valence-corrected chi connectivity index (χ3v) is 7.98. The van der Waals surface area contributed by atoms with Gasteiger partial charge in [-0.15, -0.1) is 0 Å². The molecule has 180 valence electrons. The van der Waals surface area contributed by atoms with E-state index in [-0.39, 0.29) is 17.4 Å². The van der Waals surface area contributed by atoms with Gasteiger partial charge in [-0.3, -0.25) is 4.79 Å². The van der Waals surface area contributed by atoms with Gasteiger partial charge >= 0.3 is 0 Å². The molecule has 1 saturated carbocycles. The lowest BCUT2D eigenvalue weighted by Gasteiger charge is -2.39. The molecule has 3 aromatic carbocycles. The highest BCUT2D eigenvalue weighted by atomic mass is 32.2. The molecule has 1 unspecified atom stereocenters. The second-order valence-electron chi connectivity index (χ2n) is 9.34. The van der Waals surface area contributed by atoms with E-state index in [1.165, 1.54) is 19.3 Å². The number of anilines is 1. The molecule has 1 aliphatic carbocycles. The predicted molar refractivity (Wildman–Crippen MR) is 145 cm³/mol.